The van der Waals surface area contributed by atoms with E-state index in [4.69, 9.17) is 0 Å². The molecule has 0 N–H and O–H groups in total. The fraction of sp³-hybridized carbons (Fsp3) is 0.500. The number of rotatable bonds is 3. The molecule has 0 radical (unpaired) electrons. The number of hydrogen-bond donors (Lipinski definition) is 0. The van der Waals surface area contributed by atoms with E-state index >= 15 is 0 Å². The van der Waals surface area contributed by atoms with Crippen LogP contribution in [0.2, 0.25) is 0 Å². The van der Waals surface area contributed by atoms with Gasteiger partial charge in [-0.15, -0.1) is 0 Å². The van der Waals surface area contributed by atoms with Crippen LogP contribution in [0.4, 0.5) is 11.5 Å². The Morgan fingerprint density at radius 1 is 1.00 bits per heavy atom. The van der Waals surface area contributed by atoms with E-state index in [2.05, 4.69) is 51.0 Å². The van der Waals surface area contributed by atoms with Gasteiger partial charge >= 0.3 is 0 Å². The first-order chi connectivity index (χ1) is 13.6. The van der Waals surface area contributed by atoms with Gasteiger partial charge in [0.25, 0.3) is 5.91 Å². The lowest BCUT2D eigenvalue weighted by atomic mass is 10.00. The molecule has 0 saturated carbocycles. The third-order valence-electron chi connectivity index (χ3n) is 5.71. The summed E-state index contributed by atoms with van der Waals surface area (Å²) in [5.74, 6) is 2.14. The topological polar surface area (TPSA) is 52.6 Å². The van der Waals surface area contributed by atoms with Crippen molar-refractivity contribution in [2.75, 3.05) is 49.1 Å². The summed E-state index contributed by atoms with van der Waals surface area (Å²) in [6.45, 7) is 9.41. The average Bonchev–Trinajstić information content (AvgIpc) is 2.73. The zero-order valence-electron chi connectivity index (χ0n) is 16.8. The molecule has 0 spiro atoms. The highest BCUT2D eigenvalue weighted by Crippen LogP contribution is 2.22. The fourth-order valence-corrected chi connectivity index (χ4v) is 4.19. The van der Waals surface area contributed by atoms with Gasteiger partial charge in [-0.3, -0.25) is 4.79 Å². The summed E-state index contributed by atoms with van der Waals surface area (Å²) in [4.78, 5) is 28.7. The van der Waals surface area contributed by atoms with Crippen LogP contribution in [-0.4, -0.2) is 60.0 Å². The minimum absolute atomic E-state index is 0.0428. The molecule has 1 unspecified atom stereocenters. The quantitative estimate of drug-likeness (QED) is 0.821. The Balaban J connectivity index is 1.46. The molecule has 1 aromatic carbocycles. The summed E-state index contributed by atoms with van der Waals surface area (Å²) < 4.78 is 0. The lowest BCUT2D eigenvalue weighted by Crippen LogP contribution is -2.47. The second-order valence-corrected chi connectivity index (χ2v) is 7.97. The van der Waals surface area contributed by atoms with Crippen molar-refractivity contribution in [3.05, 3.63) is 47.9 Å². The van der Waals surface area contributed by atoms with Crippen molar-refractivity contribution in [3.63, 3.8) is 0 Å². The van der Waals surface area contributed by atoms with Gasteiger partial charge in [0.2, 0.25) is 0 Å². The maximum atomic E-state index is 13.0. The predicted molar refractivity (Wildman–Crippen MR) is 112 cm³/mol. The van der Waals surface area contributed by atoms with Gasteiger partial charge in [0.05, 0.1) is 0 Å². The number of aryl methyl sites for hydroxylation is 1. The fourth-order valence-electron chi connectivity index (χ4n) is 4.19. The Morgan fingerprint density at radius 3 is 2.43 bits per heavy atom. The lowest BCUT2D eigenvalue weighted by molar-refractivity contribution is 0.0676. The van der Waals surface area contributed by atoms with Gasteiger partial charge in [-0.1, -0.05) is 25.1 Å². The number of carbonyl (C=O) groups excluding carboxylic acids is 1. The highest BCUT2D eigenvalue weighted by Gasteiger charge is 2.25. The number of para-hydroxylation sites is 1. The number of benzene rings is 1. The van der Waals surface area contributed by atoms with Crippen LogP contribution in [0.15, 0.2) is 36.4 Å². The smallest absolute Gasteiger partial charge is 0.272 e. The Labute approximate surface area is 167 Å². The molecule has 2 aliphatic rings. The van der Waals surface area contributed by atoms with E-state index in [-0.39, 0.29) is 5.91 Å². The number of hydrogen-bond acceptors (Lipinski definition) is 5. The van der Waals surface area contributed by atoms with Crippen LogP contribution in [0.25, 0.3) is 0 Å². The summed E-state index contributed by atoms with van der Waals surface area (Å²) in [6, 6.07) is 12.4. The molecule has 1 atom stereocenters. The summed E-state index contributed by atoms with van der Waals surface area (Å²) in [5.41, 5.74) is 1.79. The summed E-state index contributed by atoms with van der Waals surface area (Å²) in [7, 11) is 0. The number of piperazine rings is 1. The molecule has 0 bridgehead atoms. The normalized spacial score (nSPS) is 20.4. The van der Waals surface area contributed by atoms with Gasteiger partial charge in [0, 0.05) is 51.0 Å². The van der Waals surface area contributed by atoms with E-state index < -0.39 is 0 Å². The lowest BCUT2D eigenvalue weighted by Gasteiger charge is -2.37. The first-order valence-electron chi connectivity index (χ1n) is 10.3. The van der Waals surface area contributed by atoms with Crippen molar-refractivity contribution in [3.8, 4) is 0 Å². The largest absolute Gasteiger partial charge is 0.368 e. The maximum Gasteiger partial charge on any atom is 0.272 e. The Bertz CT molecular complexity index is 817. The van der Waals surface area contributed by atoms with Gasteiger partial charge in [-0.2, -0.15) is 0 Å². The zero-order chi connectivity index (χ0) is 19.5. The van der Waals surface area contributed by atoms with Crippen LogP contribution in [0.1, 0.15) is 36.1 Å². The number of likely N-dealkylation sites (tertiary alicyclic amines) is 1. The molecule has 4 rings (SSSR count). The Morgan fingerprint density at radius 2 is 1.71 bits per heavy atom. The molecule has 2 aromatic rings. The molecule has 6 heteroatoms. The summed E-state index contributed by atoms with van der Waals surface area (Å²) in [5, 5.41) is 0. The van der Waals surface area contributed by atoms with E-state index in [1.54, 1.807) is 0 Å². The molecule has 2 fully saturated rings. The SMILES string of the molecule is Cc1nc(C(=O)N2CCCC(C)C2)cc(N2CCN(c3ccccc3)CC2)n1. The van der Waals surface area contributed by atoms with Gasteiger partial charge in [-0.05, 0) is 37.8 Å². The van der Waals surface area contributed by atoms with Gasteiger partial charge in [-0.25, -0.2) is 9.97 Å². The minimum Gasteiger partial charge on any atom is -0.368 e. The van der Waals surface area contributed by atoms with E-state index in [9.17, 15) is 4.79 Å². The van der Waals surface area contributed by atoms with Gasteiger partial charge in [0.1, 0.15) is 17.3 Å². The maximum absolute atomic E-state index is 13.0. The van der Waals surface area contributed by atoms with Crippen molar-refractivity contribution in [1.82, 2.24) is 14.9 Å². The van der Waals surface area contributed by atoms with E-state index in [0.29, 0.717) is 17.4 Å². The van der Waals surface area contributed by atoms with Crippen LogP contribution >= 0.6 is 0 Å². The van der Waals surface area contributed by atoms with Crippen molar-refractivity contribution in [2.45, 2.75) is 26.7 Å². The molecular formula is C22H29N5O. The molecule has 3 heterocycles. The zero-order valence-corrected chi connectivity index (χ0v) is 16.8. The molecule has 2 saturated heterocycles. The predicted octanol–water partition coefficient (Wildman–Crippen LogP) is 2.98. The molecule has 1 amide bonds. The number of amides is 1. The third-order valence-corrected chi connectivity index (χ3v) is 5.71. The van der Waals surface area contributed by atoms with E-state index in [1.807, 2.05) is 24.0 Å². The van der Waals surface area contributed by atoms with Crippen LogP contribution in [0, 0.1) is 12.8 Å². The number of nitrogens with zero attached hydrogens (tertiary/aromatic N) is 5. The summed E-state index contributed by atoms with van der Waals surface area (Å²) in [6.07, 6.45) is 2.27. The highest BCUT2D eigenvalue weighted by molar-refractivity contribution is 5.93. The van der Waals surface area contributed by atoms with Crippen molar-refractivity contribution >= 4 is 17.4 Å². The van der Waals surface area contributed by atoms with Gasteiger partial charge < -0.3 is 14.7 Å². The molecule has 1 aromatic heterocycles. The Hall–Kier alpha value is -2.63. The monoisotopic (exact) mass is 379 g/mol. The summed E-state index contributed by atoms with van der Waals surface area (Å²) >= 11 is 0. The van der Waals surface area contributed by atoms with Crippen LogP contribution in [0.3, 0.4) is 0 Å². The molecule has 148 valence electrons. The second-order valence-electron chi connectivity index (χ2n) is 7.97. The molecule has 28 heavy (non-hydrogen) atoms. The second kappa shape index (κ2) is 8.17. The van der Waals surface area contributed by atoms with Gasteiger partial charge in [0.15, 0.2) is 0 Å². The van der Waals surface area contributed by atoms with Crippen LogP contribution < -0.4 is 9.80 Å². The number of aromatic nitrogens is 2. The standard InChI is InChI=1S/C22H29N5O/c1-17-7-6-10-27(16-17)22(28)20-15-21(24-18(2)23-20)26-13-11-25(12-14-26)19-8-4-3-5-9-19/h3-5,8-9,15,17H,6-7,10-14,16H2,1-2H3. The number of piperidine rings is 1. The van der Waals surface area contributed by atoms with Crippen LogP contribution in [-0.2, 0) is 0 Å². The van der Waals surface area contributed by atoms with Crippen LogP contribution in [0.5, 0.6) is 0 Å². The van der Waals surface area contributed by atoms with Crippen molar-refractivity contribution in [1.29, 1.82) is 0 Å². The average molecular weight is 380 g/mol. The number of anilines is 2. The first-order valence-corrected chi connectivity index (χ1v) is 10.3. The van der Waals surface area contributed by atoms with Crippen molar-refractivity contribution in [2.24, 2.45) is 5.92 Å². The molecular weight excluding hydrogens is 350 g/mol. The Kier molecular flexibility index (Phi) is 5.46. The van der Waals surface area contributed by atoms with E-state index in [0.717, 1.165) is 51.5 Å². The van der Waals surface area contributed by atoms with Crippen molar-refractivity contribution < 1.29 is 4.79 Å². The third kappa shape index (κ3) is 4.11. The molecule has 2 aliphatic heterocycles. The molecule has 6 nitrogen and oxygen atoms in total. The first kappa shape index (κ1) is 18.7. The molecule has 0 aliphatic carbocycles. The number of carbonyl (C=O) groups is 1. The minimum atomic E-state index is 0.0428. The highest BCUT2D eigenvalue weighted by atomic mass is 16.2. The van der Waals surface area contributed by atoms with E-state index in [1.165, 1.54) is 12.1 Å².